The van der Waals surface area contributed by atoms with Gasteiger partial charge in [0.1, 0.15) is 6.04 Å². The third-order valence-electron chi connectivity index (χ3n) is 5.23. The van der Waals surface area contributed by atoms with E-state index in [0.717, 1.165) is 18.8 Å². The average molecular weight is 426 g/mol. The van der Waals surface area contributed by atoms with Gasteiger partial charge >= 0.3 is 0 Å². The lowest BCUT2D eigenvalue weighted by atomic mass is 9.99. The molecule has 2 amide bonds. The van der Waals surface area contributed by atoms with Crippen molar-refractivity contribution in [3.8, 4) is 0 Å². The molecule has 1 aromatic rings. The number of hydrogen-bond donors (Lipinski definition) is 2. The Hall–Kier alpha value is -1.24. The van der Waals surface area contributed by atoms with Crippen LogP contribution in [0.5, 0.6) is 0 Å². The van der Waals surface area contributed by atoms with E-state index in [1.165, 1.54) is 12.8 Å². The molecule has 0 saturated carbocycles. The van der Waals surface area contributed by atoms with Gasteiger partial charge in [-0.25, -0.2) is 0 Å². The quantitative estimate of drug-likeness (QED) is 0.636. The summed E-state index contributed by atoms with van der Waals surface area (Å²) in [5, 5.41) is 6.28. The Morgan fingerprint density at radius 2 is 2.11 bits per heavy atom. The van der Waals surface area contributed by atoms with Crippen LogP contribution in [0.15, 0.2) is 24.3 Å². The van der Waals surface area contributed by atoms with Crippen molar-refractivity contribution in [2.45, 2.75) is 45.2 Å². The van der Waals surface area contributed by atoms with Crippen LogP contribution in [0.3, 0.4) is 0 Å². The van der Waals surface area contributed by atoms with Gasteiger partial charge < -0.3 is 10.6 Å². The Bertz CT molecular complexity index is 658. The number of amides is 2. The van der Waals surface area contributed by atoms with E-state index in [-0.39, 0.29) is 17.9 Å². The number of piperidine rings is 1. The van der Waals surface area contributed by atoms with Gasteiger partial charge in [0.25, 0.3) is 5.91 Å². The molecule has 3 atom stereocenters. The third-order valence-corrected chi connectivity index (χ3v) is 6.21. The molecule has 5 nitrogen and oxygen atoms in total. The fraction of sp³-hybridized carbons (Fsp3) is 0.619. The lowest BCUT2D eigenvalue weighted by Crippen LogP contribution is -2.51. The number of likely N-dealkylation sites (tertiary alicyclic amines) is 1. The second kappa shape index (κ2) is 11.7. The van der Waals surface area contributed by atoms with E-state index in [0.29, 0.717) is 29.5 Å². The lowest BCUT2D eigenvalue weighted by molar-refractivity contribution is -0.123. The van der Waals surface area contributed by atoms with Crippen molar-refractivity contribution in [2.24, 2.45) is 5.92 Å². The van der Waals surface area contributed by atoms with Crippen molar-refractivity contribution in [3.05, 3.63) is 34.9 Å². The molecule has 1 aliphatic rings. The first-order valence-corrected chi connectivity index (χ1v) is 11.8. The highest BCUT2D eigenvalue weighted by Gasteiger charge is 2.25. The summed E-state index contributed by atoms with van der Waals surface area (Å²) in [6, 6.07) is 6.60. The van der Waals surface area contributed by atoms with Gasteiger partial charge in [0, 0.05) is 19.1 Å². The molecule has 2 rings (SSSR count). The van der Waals surface area contributed by atoms with E-state index in [2.05, 4.69) is 29.4 Å². The maximum absolute atomic E-state index is 12.8. The molecule has 0 spiro atoms. The second-order valence-electron chi connectivity index (χ2n) is 7.62. The van der Waals surface area contributed by atoms with Crippen LogP contribution in [0, 0.1) is 5.92 Å². The highest BCUT2D eigenvalue weighted by atomic mass is 35.5. The zero-order valence-electron chi connectivity index (χ0n) is 17.0. The van der Waals surface area contributed by atoms with Crippen molar-refractivity contribution >= 4 is 35.2 Å². The molecule has 7 heteroatoms. The summed E-state index contributed by atoms with van der Waals surface area (Å²) in [5.74, 6) is 1.05. The molecule has 2 N–H and O–H groups in total. The molecule has 1 aromatic carbocycles. The molecular formula is C21H32ClN3O2S. The molecule has 1 aliphatic heterocycles. The lowest BCUT2D eigenvalue weighted by Gasteiger charge is -2.35. The topological polar surface area (TPSA) is 61.4 Å². The van der Waals surface area contributed by atoms with Crippen LogP contribution < -0.4 is 10.6 Å². The monoisotopic (exact) mass is 425 g/mol. The molecular weight excluding hydrogens is 394 g/mol. The van der Waals surface area contributed by atoms with Crippen LogP contribution in [0.25, 0.3) is 0 Å². The van der Waals surface area contributed by atoms with E-state index in [9.17, 15) is 9.59 Å². The third kappa shape index (κ3) is 6.98. The van der Waals surface area contributed by atoms with Crippen molar-refractivity contribution < 1.29 is 9.59 Å². The van der Waals surface area contributed by atoms with Crippen LogP contribution in [-0.2, 0) is 4.79 Å². The number of hydrogen-bond acceptors (Lipinski definition) is 4. The second-order valence-corrected chi connectivity index (χ2v) is 9.02. The Morgan fingerprint density at radius 1 is 1.36 bits per heavy atom. The maximum Gasteiger partial charge on any atom is 0.253 e. The van der Waals surface area contributed by atoms with Crippen LogP contribution in [-0.4, -0.2) is 60.4 Å². The Morgan fingerprint density at radius 3 is 2.79 bits per heavy atom. The summed E-state index contributed by atoms with van der Waals surface area (Å²) in [4.78, 5) is 27.8. The molecule has 0 aliphatic carbocycles. The number of rotatable bonds is 9. The number of halogens is 1. The zero-order chi connectivity index (χ0) is 20.5. The summed E-state index contributed by atoms with van der Waals surface area (Å²) in [5.41, 5.74) is 0.391. The van der Waals surface area contributed by atoms with E-state index in [4.69, 9.17) is 11.6 Å². The fourth-order valence-corrected chi connectivity index (χ4v) is 4.21. The van der Waals surface area contributed by atoms with Gasteiger partial charge in [-0.3, -0.25) is 14.5 Å². The van der Waals surface area contributed by atoms with Gasteiger partial charge in [0.15, 0.2) is 0 Å². The molecule has 0 bridgehead atoms. The van der Waals surface area contributed by atoms with E-state index in [1.807, 2.05) is 6.26 Å². The number of benzene rings is 1. The van der Waals surface area contributed by atoms with Gasteiger partial charge in [-0.1, -0.05) is 30.7 Å². The average Bonchev–Trinajstić information content (AvgIpc) is 2.69. The molecule has 1 fully saturated rings. The van der Waals surface area contributed by atoms with Crippen molar-refractivity contribution in [1.29, 1.82) is 0 Å². The van der Waals surface area contributed by atoms with Gasteiger partial charge in [0.2, 0.25) is 5.91 Å². The summed E-state index contributed by atoms with van der Waals surface area (Å²) >= 11 is 7.77. The van der Waals surface area contributed by atoms with Crippen LogP contribution >= 0.6 is 23.4 Å². The zero-order valence-corrected chi connectivity index (χ0v) is 18.6. The van der Waals surface area contributed by atoms with Crippen LogP contribution in [0.1, 0.15) is 43.5 Å². The fourth-order valence-electron chi connectivity index (χ4n) is 3.51. The number of thioether (sulfide) groups is 1. The predicted octanol–water partition coefficient (Wildman–Crippen LogP) is 3.43. The molecule has 1 saturated heterocycles. The van der Waals surface area contributed by atoms with E-state index < -0.39 is 6.04 Å². The minimum atomic E-state index is -0.566. The highest BCUT2D eigenvalue weighted by molar-refractivity contribution is 7.98. The van der Waals surface area contributed by atoms with Crippen molar-refractivity contribution in [3.63, 3.8) is 0 Å². The predicted molar refractivity (Wildman–Crippen MR) is 118 cm³/mol. The SMILES string of the molecule is CSCCC(NC(=O)c1ccccc1Cl)C(=O)NCC(C)N1CCCC(C)C1. The minimum Gasteiger partial charge on any atom is -0.353 e. The molecule has 28 heavy (non-hydrogen) atoms. The van der Waals surface area contributed by atoms with Crippen LogP contribution in [0.4, 0.5) is 0 Å². The number of carbonyl (C=O) groups is 2. The van der Waals surface area contributed by atoms with Crippen molar-refractivity contribution in [1.82, 2.24) is 15.5 Å². The largest absolute Gasteiger partial charge is 0.353 e. The highest BCUT2D eigenvalue weighted by Crippen LogP contribution is 2.18. The normalized spacial score (nSPS) is 19.6. The number of nitrogens with zero attached hydrogens (tertiary/aromatic N) is 1. The number of nitrogens with one attached hydrogen (secondary N) is 2. The smallest absolute Gasteiger partial charge is 0.253 e. The summed E-state index contributed by atoms with van der Waals surface area (Å²) in [7, 11) is 0. The molecule has 156 valence electrons. The van der Waals surface area contributed by atoms with Crippen LogP contribution in [0.2, 0.25) is 5.02 Å². The Balaban J connectivity index is 1.92. The summed E-state index contributed by atoms with van der Waals surface area (Å²) in [6.07, 6.45) is 5.06. The van der Waals surface area contributed by atoms with Gasteiger partial charge in [-0.05, 0) is 62.8 Å². The first kappa shape index (κ1) is 23.0. The first-order chi connectivity index (χ1) is 13.4. The minimum absolute atomic E-state index is 0.133. The van der Waals surface area contributed by atoms with E-state index in [1.54, 1.807) is 36.0 Å². The maximum atomic E-state index is 12.8. The summed E-state index contributed by atoms with van der Waals surface area (Å²) < 4.78 is 0. The first-order valence-electron chi connectivity index (χ1n) is 9.98. The molecule has 0 radical (unpaired) electrons. The standard InChI is InChI=1S/C21H32ClN3O2S/c1-15-7-6-11-25(14-15)16(2)13-23-21(27)19(10-12-28-3)24-20(26)17-8-4-5-9-18(17)22/h4-5,8-9,15-16,19H,6-7,10-14H2,1-3H3,(H,23,27)(H,24,26). The Kier molecular flexibility index (Phi) is 9.62. The number of carbonyl (C=O) groups excluding carboxylic acids is 2. The van der Waals surface area contributed by atoms with Crippen molar-refractivity contribution in [2.75, 3.05) is 31.6 Å². The van der Waals surface area contributed by atoms with Gasteiger partial charge in [-0.2, -0.15) is 11.8 Å². The van der Waals surface area contributed by atoms with Gasteiger partial charge in [-0.15, -0.1) is 0 Å². The summed E-state index contributed by atoms with van der Waals surface area (Å²) in [6.45, 7) is 7.18. The van der Waals surface area contributed by atoms with Gasteiger partial charge in [0.05, 0.1) is 10.6 Å². The molecule has 0 aromatic heterocycles. The molecule has 1 heterocycles. The molecule has 3 unspecified atom stereocenters. The van der Waals surface area contributed by atoms with E-state index >= 15 is 0 Å². The Labute approximate surface area is 178 Å².